The van der Waals surface area contributed by atoms with Crippen LogP contribution in [0.15, 0.2) is 138 Å². The minimum Gasteiger partial charge on any atom is -0.456 e. The number of rotatable bonds is 3. The van der Waals surface area contributed by atoms with Crippen molar-refractivity contribution in [1.82, 2.24) is 4.98 Å². The minimum atomic E-state index is 0.920. The average molecular weight is 486 g/mol. The molecule has 0 saturated heterocycles. The number of hydrogen-bond acceptors (Lipinski definition) is 1. The van der Waals surface area contributed by atoms with E-state index in [-0.39, 0.29) is 0 Å². The summed E-state index contributed by atoms with van der Waals surface area (Å²) in [5.41, 5.74) is 11.4. The monoisotopic (exact) mass is 485 g/mol. The first-order chi connectivity index (χ1) is 18.8. The fourth-order valence-electron chi connectivity index (χ4n) is 5.73. The van der Waals surface area contributed by atoms with Crippen LogP contribution in [0, 0.1) is 0 Å². The number of benzene rings is 6. The van der Waals surface area contributed by atoms with Crippen LogP contribution in [-0.4, -0.2) is 4.98 Å². The zero-order valence-corrected chi connectivity index (χ0v) is 20.6. The second kappa shape index (κ2) is 8.22. The molecule has 0 spiro atoms. The summed E-state index contributed by atoms with van der Waals surface area (Å²) in [5, 5.41) is 4.76. The van der Waals surface area contributed by atoms with Crippen LogP contribution in [0.25, 0.3) is 77.1 Å². The number of aromatic nitrogens is 1. The minimum absolute atomic E-state index is 0.920. The molecular weight excluding hydrogens is 462 g/mol. The van der Waals surface area contributed by atoms with Gasteiger partial charge in [0, 0.05) is 32.6 Å². The van der Waals surface area contributed by atoms with Crippen molar-refractivity contribution in [2.24, 2.45) is 0 Å². The summed E-state index contributed by atoms with van der Waals surface area (Å²) in [6.45, 7) is 0. The third kappa shape index (κ3) is 3.28. The molecule has 2 heterocycles. The predicted molar refractivity (Wildman–Crippen MR) is 159 cm³/mol. The molecule has 0 atom stereocenters. The van der Waals surface area contributed by atoms with E-state index in [2.05, 4.69) is 126 Å². The summed E-state index contributed by atoms with van der Waals surface area (Å²) in [6.07, 6.45) is 0. The van der Waals surface area contributed by atoms with Crippen molar-refractivity contribution in [3.63, 3.8) is 0 Å². The molecule has 0 aliphatic heterocycles. The molecule has 0 amide bonds. The molecule has 8 aromatic rings. The van der Waals surface area contributed by atoms with Crippen LogP contribution in [0.3, 0.4) is 0 Å². The lowest BCUT2D eigenvalue weighted by molar-refractivity contribution is 0.669. The van der Waals surface area contributed by atoms with Crippen LogP contribution in [0.5, 0.6) is 0 Å². The van der Waals surface area contributed by atoms with E-state index in [1.165, 1.54) is 49.7 Å². The topological polar surface area (TPSA) is 28.9 Å². The van der Waals surface area contributed by atoms with Gasteiger partial charge in [0.15, 0.2) is 0 Å². The molecule has 0 radical (unpaired) electrons. The Balaban J connectivity index is 1.37. The third-order valence-electron chi connectivity index (χ3n) is 7.61. The highest BCUT2D eigenvalue weighted by atomic mass is 16.3. The van der Waals surface area contributed by atoms with Gasteiger partial charge in [0.25, 0.3) is 0 Å². The standard InChI is InChI=1S/C36H23NO/c1-3-9-23(10-4-1)27-21-29(24-11-5-2-6-12-24)36-32(22-27)30-19-25(15-17-33(30)37-36)26-16-18-35-31(20-26)28-13-7-8-14-34(28)38-35/h1-22,37H. The van der Waals surface area contributed by atoms with Gasteiger partial charge in [-0.05, 0) is 70.3 Å². The Bertz CT molecular complexity index is 2110. The molecule has 0 saturated carbocycles. The maximum Gasteiger partial charge on any atom is 0.135 e. The van der Waals surface area contributed by atoms with Crippen molar-refractivity contribution >= 4 is 43.7 Å². The van der Waals surface area contributed by atoms with Crippen LogP contribution in [0.2, 0.25) is 0 Å². The van der Waals surface area contributed by atoms with Gasteiger partial charge in [0.05, 0.1) is 5.52 Å². The summed E-state index contributed by atoms with van der Waals surface area (Å²) in [6, 6.07) is 47.4. The number of aromatic amines is 1. The third-order valence-corrected chi connectivity index (χ3v) is 7.61. The second-order valence-corrected chi connectivity index (χ2v) is 9.87. The van der Waals surface area contributed by atoms with E-state index in [0.29, 0.717) is 0 Å². The van der Waals surface area contributed by atoms with Gasteiger partial charge in [-0.25, -0.2) is 0 Å². The average Bonchev–Trinajstić information content (AvgIpc) is 3.55. The molecule has 0 bridgehead atoms. The molecule has 38 heavy (non-hydrogen) atoms. The van der Waals surface area contributed by atoms with Crippen LogP contribution >= 0.6 is 0 Å². The Morgan fingerprint density at radius 2 is 1.03 bits per heavy atom. The van der Waals surface area contributed by atoms with Crippen molar-refractivity contribution in [3.05, 3.63) is 133 Å². The summed E-state index contributed by atoms with van der Waals surface area (Å²) in [5.74, 6) is 0. The molecule has 0 aliphatic carbocycles. The lowest BCUT2D eigenvalue weighted by Gasteiger charge is -2.09. The van der Waals surface area contributed by atoms with Crippen molar-refractivity contribution in [1.29, 1.82) is 0 Å². The summed E-state index contributed by atoms with van der Waals surface area (Å²) in [4.78, 5) is 3.74. The van der Waals surface area contributed by atoms with Gasteiger partial charge in [-0.15, -0.1) is 0 Å². The highest BCUT2D eigenvalue weighted by Gasteiger charge is 2.14. The van der Waals surface area contributed by atoms with E-state index >= 15 is 0 Å². The SMILES string of the molecule is c1ccc(-c2cc(-c3ccccc3)c3[nH]c4ccc(-c5ccc6oc7ccccc7c6c5)cc4c3c2)cc1. The maximum absolute atomic E-state index is 6.06. The molecule has 2 nitrogen and oxygen atoms in total. The number of nitrogens with one attached hydrogen (secondary N) is 1. The van der Waals surface area contributed by atoms with Crippen LogP contribution in [-0.2, 0) is 0 Å². The lowest BCUT2D eigenvalue weighted by Crippen LogP contribution is -1.84. The van der Waals surface area contributed by atoms with Crippen molar-refractivity contribution < 1.29 is 4.42 Å². The van der Waals surface area contributed by atoms with E-state index in [9.17, 15) is 0 Å². The van der Waals surface area contributed by atoms with Gasteiger partial charge >= 0.3 is 0 Å². The van der Waals surface area contributed by atoms with Crippen molar-refractivity contribution in [2.75, 3.05) is 0 Å². The zero-order chi connectivity index (χ0) is 25.1. The maximum atomic E-state index is 6.06. The molecule has 2 aromatic heterocycles. The summed E-state index contributed by atoms with van der Waals surface area (Å²) < 4.78 is 6.06. The number of hydrogen-bond donors (Lipinski definition) is 1. The van der Waals surface area contributed by atoms with Gasteiger partial charge < -0.3 is 9.40 Å². The number of H-pyrrole nitrogens is 1. The van der Waals surface area contributed by atoms with Gasteiger partial charge in [-0.1, -0.05) is 91.0 Å². The fraction of sp³-hybridized carbons (Fsp3) is 0. The van der Waals surface area contributed by atoms with Crippen molar-refractivity contribution in [2.45, 2.75) is 0 Å². The molecular formula is C36H23NO. The summed E-state index contributed by atoms with van der Waals surface area (Å²) in [7, 11) is 0. The Morgan fingerprint density at radius 1 is 0.395 bits per heavy atom. The Kier molecular flexibility index (Phi) is 4.55. The highest BCUT2D eigenvalue weighted by Crippen LogP contribution is 2.39. The fourth-order valence-corrected chi connectivity index (χ4v) is 5.73. The highest BCUT2D eigenvalue weighted by molar-refractivity contribution is 6.14. The largest absolute Gasteiger partial charge is 0.456 e. The molecule has 178 valence electrons. The first kappa shape index (κ1) is 21.0. The van der Waals surface area contributed by atoms with E-state index in [4.69, 9.17) is 4.42 Å². The molecule has 6 aromatic carbocycles. The van der Waals surface area contributed by atoms with E-state index < -0.39 is 0 Å². The first-order valence-corrected chi connectivity index (χ1v) is 12.9. The smallest absolute Gasteiger partial charge is 0.135 e. The predicted octanol–water partition coefficient (Wildman–Crippen LogP) is 10.2. The zero-order valence-electron chi connectivity index (χ0n) is 20.6. The number of para-hydroxylation sites is 1. The van der Waals surface area contributed by atoms with E-state index in [0.717, 1.165) is 27.5 Å². The van der Waals surface area contributed by atoms with Gasteiger partial charge in [-0.2, -0.15) is 0 Å². The molecule has 0 aliphatic rings. The Labute approximate surface area is 219 Å². The van der Waals surface area contributed by atoms with Crippen LogP contribution < -0.4 is 0 Å². The molecule has 1 N–H and O–H groups in total. The van der Waals surface area contributed by atoms with Crippen LogP contribution in [0.1, 0.15) is 0 Å². The lowest BCUT2D eigenvalue weighted by atomic mass is 9.95. The van der Waals surface area contributed by atoms with Gasteiger partial charge in [0.1, 0.15) is 11.2 Å². The van der Waals surface area contributed by atoms with E-state index in [1.54, 1.807) is 0 Å². The first-order valence-electron chi connectivity index (χ1n) is 12.9. The normalized spacial score (nSPS) is 11.7. The molecule has 8 rings (SSSR count). The van der Waals surface area contributed by atoms with Gasteiger partial charge in [-0.3, -0.25) is 0 Å². The summed E-state index contributed by atoms with van der Waals surface area (Å²) >= 11 is 0. The van der Waals surface area contributed by atoms with Gasteiger partial charge in [0.2, 0.25) is 0 Å². The molecule has 0 unspecified atom stereocenters. The molecule has 2 heteroatoms. The molecule has 0 fully saturated rings. The van der Waals surface area contributed by atoms with Crippen molar-refractivity contribution in [3.8, 4) is 33.4 Å². The Hall–Kier alpha value is -5.08. The second-order valence-electron chi connectivity index (χ2n) is 9.87. The van der Waals surface area contributed by atoms with E-state index in [1.807, 2.05) is 12.1 Å². The number of fused-ring (bicyclic) bond motifs is 6. The number of furan rings is 1. The van der Waals surface area contributed by atoms with Crippen LogP contribution in [0.4, 0.5) is 0 Å². The quantitative estimate of drug-likeness (QED) is 0.265. The Morgan fingerprint density at radius 3 is 1.84 bits per heavy atom.